The van der Waals surface area contributed by atoms with Crippen molar-refractivity contribution in [1.82, 2.24) is 5.32 Å². The first-order valence-electron chi connectivity index (χ1n) is 3.00. The molecule has 0 amide bonds. The quantitative estimate of drug-likeness (QED) is 0.486. The molecule has 2 nitrogen and oxygen atoms in total. The van der Waals surface area contributed by atoms with Crippen molar-refractivity contribution < 1.29 is 4.79 Å². The minimum Gasteiger partial charge on any atom is -0.316 e. The lowest BCUT2D eigenvalue weighted by Gasteiger charge is -2.02. The molecule has 1 heterocycles. The van der Waals surface area contributed by atoms with Crippen LogP contribution in [0.5, 0.6) is 0 Å². The highest BCUT2D eigenvalue weighted by molar-refractivity contribution is 5.54. The maximum atomic E-state index is 10.2. The number of hydrogen-bond donors (Lipinski definition) is 1. The molecule has 1 saturated heterocycles. The van der Waals surface area contributed by atoms with Crippen molar-refractivity contribution in [2.45, 2.75) is 6.92 Å². The van der Waals surface area contributed by atoms with Crippen molar-refractivity contribution in [2.24, 2.45) is 11.8 Å². The Labute approximate surface area is 49.3 Å². The summed E-state index contributed by atoms with van der Waals surface area (Å²) < 4.78 is 0. The minimum absolute atomic E-state index is 0.273. The summed E-state index contributed by atoms with van der Waals surface area (Å²) in [4.78, 5) is 10.2. The van der Waals surface area contributed by atoms with Crippen LogP contribution < -0.4 is 5.32 Å². The van der Waals surface area contributed by atoms with E-state index in [1.165, 1.54) is 0 Å². The molecule has 46 valence electrons. The van der Waals surface area contributed by atoms with Crippen molar-refractivity contribution in [3.8, 4) is 0 Å². The van der Waals surface area contributed by atoms with Crippen LogP contribution in [-0.2, 0) is 4.79 Å². The van der Waals surface area contributed by atoms with Gasteiger partial charge in [0.2, 0.25) is 0 Å². The first-order chi connectivity index (χ1) is 3.84. The third kappa shape index (κ3) is 0.892. The van der Waals surface area contributed by atoms with Crippen LogP contribution in [0.25, 0.3) is 0 Å². The predicted octanol–water partition coefficient (Wildman–Crippen LogP) is 0.0408. The fourth-order valence-electron chi connectivity index (χ4n) is 1.01. The SMILES string of the molecule is C[C@H]1CNCC1C=O. The Morgan fingerprint density at radius 1 is 1.62 bits per heavy atom. The lowest BCUT2D eigenvalue weighted by atomic mass is 10.0. The van der Waals surface area contributed by atoms with Gasteiger partial charge in [-0.15, -0.1) is 0 Å². The van der Waals surface area contributed by atoms with E-state index in [-0.39, 0.29) is 5.92 Å². The van der Waals surface area contributed by atoms with Crippen LogP contribution in [0, 0.1) is 11.8 Å². The molecule has 0 saturated carbocycles. The first-order valence-corrected chi connectivity index (χ1v) is 3.00. The molecule has 0 aromatic heterocycles. The third-order valence-electron chi connectivity index (χ3n) is 1.75. The summed E-state index contributed by atoms with van der Waals surface area (Å²) in [5, 5.41) is 3.14. The second-order valence-electron chi connectivity index (χ2n) is 2.44. The van der Waals surface area contributed by atoms with E-state index in [9.17, 15) is 4.79 Å². The van der Waals surface area contributed by atoms with Crippen molar-refractivity contribution in [3.63, 3.8) is 0 Å². The van der Waals surface area contributed by atoms with Crippen LogP contribution in [0.4, 0.5) is 0 Å². The van der Waals surface area contributed by atoms with E-state index in [0.29, 0.717) is 5.92 Å². The molecule has 0 aromatic carbocycles. The Kier molecular flexibility index (Phi) is 1.63. The van der Waals surface area contributed by atoms with Crippen LogP contribution in [0.2, 0.25) is 0 Å². The summed E-state index contributed by atoms with van der Waals surface area (Å²) >= 11 is 0. The average molecular weight is 113 g/mol. The Bertz CT molecular complexity index is 92.5. The van der Waals surface area contributed by atoms with Gasteiger partial charge < -0.3 is 10.1 Å². The fourth-order valence-corrected chi connectivity index (χ4v) is 1.01. The number of nitrogens with one attached hydrogen (secondary N) is 1. The Hall–Kier alpha value is -0.370. The van der Waals surface area contributed by atoms with Gasteiger partial charge in [0.25, 0.3) is 0 Å². The van der Waals surface area contributed by atoms with Crippen molar-refractivity contribution >= 4 is 6.29 Å². The molecular formula is C6H11NO. The van der Waals surface area contributed by atoms with Crippen molar-refractivity contribution in [2.75, 3.05) is 13.1 Å². The van der Waals surface area contributed by atoms with Gasteiger partial charge in [0, 0.05) is 12.5 Å². The Morgan fingerprint density at radius 2 is 2.38 bits per heavy atom. The van der Waals surface area contributed by atoms with Crippen molar-refractivity contribution in [1.29, 1.82) is 0 Å². The summed E-state index contributed by atoms with van der Waals surface area (Å²) in [6, 6.07) is 0. The standard InChI is InChI=1S/C6H11NO/c1-5-2-7-3-6(5)4-8/h4-7H,2-3H2,1H3/t5-,6?/m0/s1. The van der Waals surface area contributed by atoms with Gasteiger partial charge in [-0.1, -0.05) is 6.92 Å². The van der Waals surface area contributed by atoms with Gasteiger partial charge in [0.05, 0.1) is 0 Å². The van der Waals surface area contributed by atoms with Gasteiger partial charge >= 0.3 is 0 Å². The normalized spacial score (nSPS) is 37.6. The molecule has 1 aliphatic rings. The molecule has 1 aliphatic heterocycles. The second-order valence-corrected chi connectivity index (χ2v) is 2.44. The van der Waals surface area contributed by atoms with E-state index in [4.69, 9.17) is 0 Å². The fraction of sp³-hybridized carbons (Fsp3) is 0.833. The number of carbonyl (C=O) groups excluding carboxylic acids is 1. The van der Waals surface area contributed by atoms with E-state index >= 15 is 0 Å². The number of aldehydes is 1. The molecule has 2 heteroatoms. The lowest BCUT2D eigenvalue weighted by Crippen LogP contribution is -2.10. The van der Waals surface area contributed by atoms with Gasteiger partial charge in [0.1, 0.15) is 6.29 Å². The number of rotatable bonds is 1. The highest BCUT2D eigenvalue weighted by Crippen LogP contribution is 2.11. The summed E-state index contributed by atoms with van der Waals surface area (Å²) in [7, 11) is 0. The van der Waals surface area contributed by atoms with Crippen LogP contribution in [0.3, 0.4) is 0 Å². The monoisotopic (exact) mass is 113 g/mol. The molecule has 0 bridgehead atoms. The molecule has 0 aliphatic carbocycles. The second kappa shape index (κ2) is 2.27. The summed E-state index contributed by atoms with van der Waals surface area (Å²) in [6.07, 6.45) is 1.05. The van der Waals surface area contributed by atoms with E-state index in [0.717, 1.165) is 19.4 Å². The zero-order valence-corrected chi connectivity index (χ0v) is 5.05. The van der Waals surface area contributed by atoms with E-state index < -0.39 is 0 Å². The van der Waals surface area contributed by atoms with E-state index in [1.807, 2.05) is 0 Å². The molecule has 0 radical (unpaired) electrons. The van der Waals surface area contributed by atoms with Gasteiger partial charge in [-0.05, 0) is 12.5 Å². The van der Waals surface area contributed by atoms with Gasteiger partial charge in [0.15, 0.2) is 0 Å². The third-order valence-corrected chi connectivity index (χ3v) is 1.75. The van der Waals surface area contributed by atoms with Crippen LogP contribution in [-0.4, -0.2) is 19.4 Å². The lowest BCUT2D eigenvalue weighted by molar-refractivity contribution is -0.111. The van der Waals surface area contributed by atoms with Gasteiger partial charge in [-0.25, -0.2) is 0 Å². The molecule has 0 aromatic rings. The Balaban J connectivity index is 2.41. The van der Waals surface area contributed by atoms with Crippen LogP contribution in [0.15, 0.2) is 0 Å². The van der Waals surface area contributed by atoms with E-state index in [1.54, 1.807) is 0 Å². The number of hydrogen-bond acceptors (Lipinski definition) is 2. The summed E-state index contributed by atoms with van der Waals surface area (Å²) in [6.45, 7) is 3.98. The summed E-state index contributed by atoms with van der Waals surface area (Å²) in [5.74, 6) is 0.822. The summed E-state index contributed by atoms with van der Waals surface area (Å²) in [5.41, 5.74) is 0. The molecule has 2 atom stereocenters. The molecule has 8 heavy (non-hydrogen) atoms. The highest BCUT2D eigenvalue weighted by Gasteiger charge is 2.21. The predicted molar refractivity (Wildman–Crippen MR) is 31.6 cm³/mol. The largest absolute Gasteiger partial charge is 0.316 e. The smallest absolute Gasteiger partial charge is 0.124 e. The molecule has 1 fully saturated rings. The molecule has 1 unspecified atom stereocenters. The number of carbonyl (C=O) groups is 1. The molecule has 0 spiro atoms. The first kappa shape index (κ1) is 5.76. The maximum absolute atomic E-state index is 10.2. The molecule has 1 N–H and O–H groups in total. The van der Waals surface area contributed by atoms with Gasteiger partial charge in [-0.2, -0.15) is 0 Å². The van der Waals surface area contributed by atoms with E-state index in [2.05, 4.69) is 12.2 Å². The minimum atomic E-state index is 0.273. The van der Waals surface area contributed by atoms with Crippen LogP contribution in [0.1, 0.15) is 6.92 Å². The van der Waals surface area contributed by atoms with Crippen LogP contribution >= 0.6 is 0 Å². The molecule has 1 rings (SSSR count). The van der Waals surface area contributed by atoms with Crippen molar-refractivity contribution in [3.05, 3.63) is 0 Å². The maximum Gasteiger partial charge on any atom is 0.124 e. The van der Waals surface area contributed by atoms with Gasteiger partial charge in [-0.3, -0.25) is 0 Å². The zero-order chi connectivity index (χ0) is 5.98. The zero-order valence-electron chi connectivity index (χ0n) is 5.05. The highest BCUT2D eigenvalue weighted by atomic mass is 16.1. The molecular weight excluding hydrogens is 102 g/mol. The average Bonchev–Trinajstić information content (AvgIpc) is 2.14. The Morgan fingerprint density at radius 3 is 2.62 bits per heavy atom. The topological polar surface area (TPSA) is 29.1 Å².